The topological polar surface area (TPSA) is 57.5 Å². The number of rotatable bonds is 7. The van der Waals surface area contributed by atoms with Crippen LogP contribution in [0.1, 0.15) is 31.9 Å². The summed E-state index contributed by atoms with van der Waals surface area (Å²) in [4.78, 5) is 14.4. The van der Waals surface area contributed by atoms with Crippen molar-refractivity contribution >= 4 is 5.91 Å². The Hall–Kier alpha value is -1.33. The zero-order valence-electron chi connectivity index (χ0n) is 12.2. The number of hydrogen-bond acceptors (Lipinski definition) is 4. The molecule has 0 spiro atoms. The molecule has 0 aliphatic carbocycles. The highest BCUT2D eigenvalue weighted by Crippen LogP contribution is 2.12. The first-order valence-corrected chi connectivity index (χ1v) is 7.53. The molecular weight excluding hydrogens is 254 g/mol. The number of nitrogens with one attached hydrogen (secondary N) is 2. The number of nitrogens with zero attached hydrogens (tertiary/aromatic N) is 1. The van der Waals surface area contributed by atoms with Crippen molar-refractivity contribution in [1.29, 1.82) is 0 Å². The van der Waals surface area contributed by atoms with Crippen LogP contribution in [0.15, 0.2) is 22.8 Å². The first-order valence-electron chi connectivity index (χ1n) is 7.53. The van der Waals surface area contributed by atoms with E-state index < -0.39 is 0 Å². The molecule has 2 N–H and O–H groups in total. The third-order valence-electron chi connectivity index (χ3n) is 3.72. The van der Waals surface area contributed by atoms with E-state index in [4.69, 9.17) is 4.42 Å². The van der Waals surface area contributed by atoms with E-state index in [0.29, 0.717) is 19.1 Å². The summed E-state index contributed by atoms with van der Waals surface area (Å²) < 4.78 is 5.22. The molecular formula is C15H25N3O2. The van der Waals surface area contributed by atoms with Crippen molar-refractivity contribution < 1.29 is 9.21 Å². The summed E-state index contributed by atoms with van der Waals surface area (Å²) in [6, 6.07) is 4.24. The van der Waals surface area contributed by atoms with Crippen LogP contribution in [0.2, 0.25) is 0 Å². The van der Waals surface area contributed by atoms with Crippen molar-refractivity contribution in [3.63, 3.8) is 0 Å². The standard InChI is InChI=1S/C15H25N3O2/c1-2-9-18(13-5-7-16-8-6-13)12-15(19)17-11-14-4-3-10-20-14/h3-4,10,13,16H,2,5-9,11-12H2,1H3,(H,17,19). The van der Waals surface area contributed by atoms with Gasteiger partial charge in [0.1, 0.15) is 5.76 Å². The molecule has 0 aromatic carbocycles. The van der Waals surface area contributed by atoms with Crippen LogP contribution in [0.5, 0.6) is 0 Å². The van der Waals surface area contributed by atoms with Crippen LogP contribution in [0, 0.1) is 0 Å². The lowest BCUT2D eigenvalue weighted by atomic mass is 10.0. The van der Waals surface area contributed by atoms with Gasteiger partial charge in [-0.3, -0.25) is 9.69 Å². The van der Waals surface area contributed by atoms with E-state index in [1.54, 1.807) is 6.26 Å². The largest absolute Gasteiger partial charge is 0.467 e. The molecule has 1 aliphatic heterocycles. The highest BCUT2D eigenvalue weighted by atomic mass is 16.3. The molecule has 0 saturated carbocycles. The first kappa shape index (κ1) is 15.1. The van der Waals surface area contributed by atoms with Crippen molar-refractivity contribution in [2.24, 2.45) is 0 Å². The summed E-state index contributed by atoms with van der Waals surface area (Å²) in [5.74, 6) is 0.871. The lowest BCUT2D eigenvalue weighted by Gasteiger charge is -2.33. The minimum absolute atomic E-state index is 0.0772. The smallest absolute Gasteiger partial charge is 0.234 e. The second-order valence-electron chi connectivity index (χ2n) is 5.31. The van der Waals surface area contributed by atoms with Gasteiger partial charge in [0.25, 0.3) is 0 Å². The molecule has 1 saturated heterocycles. The Morgan fingerprint density at radius 1 is 1.50 bits per heavy atom. The Labute approximate surface area is 120 Å². The molecule has 0 unspecified atom stereocenters. The predicted octanol–water partition coefficient (Wildman–Crippen LogP) is 1.36. The minimum Gasteiger partial charge on any atom is -0.467 e. The van der Waals surface area contributed by atoms with Crippen LogP contribution in [-0.4, -0.2) is 43.0 Å². The van der Waals surface area contributed by atoms with E-state index in [0.717, 1.165) is 44.7 Å². The lowest BCUT2D eigenvalue weighted by Crippen LogP contribution is -2.47. The molecule has 0 radical (unpaired) electrons. The zero-order chi connectivity index (χ0) is 14.2. The number of carbonyl (C=O) groups is 1. The Morgan fingerprint density at radius 2 is 2.30 bits per heavy atom. The van der Waals surface area contributed by atoms with Crippen LogP contribution < -0.4 is 10.6 Å². The summed E-state index contributed by atoms with van der Waals surface area (Å²) in [6.07, 6.45) is 4.96. The molecule has 1 aromatic rings. The molecule has 0 atom stereocenters. The maximum absolute atomic E-state index is 12.1. The van der Waals surface area contributed by atoms with Gasteiger partial charge in [-0.25, -0.2) is 0 Å². The SMILES string of the molecule is CCCN(CC(=O)NCc1ccco1)C1CCNCC1. The maximum atomic E-state index is 12.1. The predicted molar refractivity (Wildman–Crippen MR) is 78.3 cm³/mol. The second kappa shape index (κ2) is 8.07. The number of hydrogen-bond donors (Lipinski definition) is 2. The Bertz CT molecular complexity index is 386. The molecule has 0 bridgehead atoms. The van der Waals surface area contributed by atoms with E-state index in [1.807, 2.05) is 12.1 Å². The number of piperidine rings is 1. The maximum Gasteiger partial charge on any atom is 0.234 e. The van der Waals surface area contributed by atoms with Gasteiger partial charge < -0.3 is 15.1 Å². The molecule has 1 fully saturated rings. The molecule has 112 valence electrons. The average Bonchev–Trinajstić information content (AvgIpc) is 2.99. The lowest BCUT2D eigenvalue weighted by molar-refractivity contribution is -0.123. The summed E-state index contributed by atoms with van der Waals surface area (Å²) in [5, 5.41) is 6.29. The molecule has 1 aliphatic rings. The van der Waals surface area contributed by atoms with E-state index >= 15 is 0 Å². The summed E-state index contributed by atoms with van der Waals surface area (Å²) in [6.45, 7) is 6.21. The summed E-state index contributed by atoms with van der Waals surface area (Å²) in [7, 11) is 0. The van der Waals surface area contributed by atoms with Gasteiger partial charge in [0, 0.05) is 6.04 Å². The van der Waals surface area contributed by atoms with Crippen LogP contribution >= 0.6 is 0 Å². The van der Waals surface area contributed by atoms with Crippen LogP contribution in [0.4, 0.5) is 0 Å². The van der Waals surface area contributed by atoms with Crippen LogP contribution in [0.3, 0.4) is 0 Å². The van der Waals surface area contributed by atoms with Crippen molar-refractivity contribution in [3.05, 3.63) is 24.2 Å². The van der Waals surface area contributed by atoms with Gasteiger partial charge in [-0.2, -0.15) is 0 Å². The quantitative estimate of drug-likeness (QED) is 0.791. The van der Waals surface area contributed by atoms with E-state index in [-0.39, 0.29) is 5.91 Å². The van der Waals surface area contributed by atoms with E-state index in [9.17, 15) is 4.79 Å². The van der Waals surface area contributed by atoms with Crippen molar-refractivity contribution in [1.82, 2.24) is 15.5 Å². The van der Waals surface area contributed by atoms with Crippen molar-refractivity contribution in [3.8, 4) is 0 Å². The van der Waals surface area contributed by atoms with Gasteiger partial charge in [-0.1, -0.05) is 6.92 Å². The summed E-state index contributed by atoms with van der Waals surface area (Å²) in [5.41, 5.74) is 0. The first-order chi connectivity index (χ1) is 9.79. The minimum atomic E-state index is 0.0772. The zero-order valence-corrected chi connectivity index (χ0v) is 12.2. The average molecular weight is 279 g/mol. The Morgan fingerprint density at radius 3 is 2.95 bits per heavy atom. The third-order valence-corrected chi connectivity index (χ3v) is 3.72. The second-order valence-corrected chi connectivity index (χ2v) is 5.31. The fraction of sp³-hybridized carbons (Fsp3) is 0.667. The van der Waals surface area contributed by atoms with Gasteiger partial charge in [-0.15, -0.1) is 0 Å². The third kappa shape index (κ3) is 4.65. The van der Waals surface area contributed by atoms with Crippen LogP contribution in [0.25, 0.3) is 0 Å². The van der Waals surface area contributed by atoms with Gasteiger partial charge in [0.05, 0.1) is 19.4 Å². The highest BCUT2D eigenvalue weighted by molar-refractivity contribution is 5.77. The Kier molecular flexibility index (Phi) is 6.08. The molecule has 1 aromatic heterocycles. The number of amides is 1. The normalized spacial score (nSPS) is 16.5. The molecule has 5 heteroatoms. The van der Waals surface area contributed by atoms with E-state index in [1.165, 1.54) is 0 Å². The molecule has 2 heterocycles. The van der Waals surface area contributed by atoms with Crippen molar-refractivity contribution in [2.45, 2.75) is 38.8 Å². The van der Waals surface area contributed by atoms with Gasteiger partial charge >= 0.3 is 0 Å². The number of carbonyl (C=O) groups excluding carboxylic acids is 1. The van der Waals surface area contributed by atoms with E-state index in [2.05, 4.69) is 22.5 Å². The number of furan rings is 1. The molecule has 1 amide bonds. The Balaban J connectivity index is 1.78. The van der Waals surface area contributed by atoms with Crippen molar-refractivity contribution in [2.75, 3.05) is 26.2 Å². The fourth-order valence-electron chi connectivity index (χ4n) is 2.69. The summed E-state index contributed by atoms with van der Waals surface area (Å²) >= 11 is 0. The molecule has 2 rings (SSSR count). The van der Waals surface area contributed by atoms with Gasteiger partial charge in [-0.05, 0) is 51.0 Å². The highest BCUT2D eigenvalue weighted by Gasteiger charge is 2.22. The monoisotopic (exact) mass is 279 g/mol. The van der Waals surface area contributed by atoms with Crippen LogP contribution in [-0.2, 0) is 11.3 Å². The van der Waals surface area contributed by atoms with Gasteiger partial charge in [0.15, 0.2) is 0 Å². The fourth-order valence-corrected chi connectivity index (χ4v) is 2.69. The molecule has 20 heavy (non-hydrogen) atoms. The van der Waals surface area contributed by atoms with Gasteiger partial charge in [0.2, 0.25) is 5.91 Å². The molecule has 5 nitrogen and oxygen atoms in total.